The van der Waals surface area contributed by atoms with Gasteiger partial charge in [-0.1, -0.05) is 20.8 Å². The van der Waals surface area contributed by atoms with Crippen molar-refractivity contribution >= 4 is 11.8 Å². The molecule has 25 heavy (non-hydrogen) atoms. The van der Waals surface area contributed by atoms with Crippen molar-refractivity contribution in [2.24, 2.45) is 5.41 Å². The molecule has 6 heteroatoms. The highest BCUT2D eigenvalue weighted by Gasteiger charge is 2.29. The fraction of sp³-hybridized carbons (Fsp3) is 0.579. The average Bonchev–Trinajstić information content (AvgIpc) is 2.80. The molecule has 1 fully saturated rings. The van der Waals surface area contributed by atoms with E-state index in [1.165, 1.54) is 12.1 Å². The molecule has 1 aromatic carbocycles. The van der Waals surface area contributed by atoms with Crippen molar-refractivity contribution in [2.45, 2.75) is 34.1 Å². The molecule has 1 heterocycles. The predicted molar refractivity (Wildman–Crippen MR) is 94.1 cm³/mol. The maximum atomic E-state index is 14.0. The van der Waals surface area contributed by atoms with Gasteiger partial charge in [-0.2, -0.15) is 0 Å². The van der Waals surface area contributed by atoms with Crippen LogP contribution in [0.25, 0.3) is 0 Å². The molecule has 2 amide bonds. The van der Waals surface area contributed by atoms with Gasteiger partial charge >= 0.3 is 0 Å². The molecule has 0 unspecified atom stereocenters. The first-order chi connectivity index (χ1) is 11.7. The highest BCUT2D eigenvalue weighted by molar-refractivity contribution is 5.94. The molecule has 0 atom stereocenters. The SMILES string of the molecule is CCOc1ccc(C(=O)N2CCCN(C(=O)C(C)(C)C)CC2)cc1F. The second-order valence-electron chi connectivity index (χ2n) is 7.27. The van der Waals surface area contributed by atoms with E-state index in [1.807, 2.05) is 25.7 Å². The highest BCUT2D eigenvalue weighted by Crippen LogP contribution is 2.21. The number of benzene rings is 1. The Balaban J connectivity index is 2.06. The van der Waals surface area contributed by atoms with Gasteiger partial charge in [-0.05, 0) is 31.5 Å². The lowest BCUT2D eigenvalue weighted by atomic mass is 9.94. The number of nitrogens with zero attached hydrogens (tertiary/aromatic N) is 2. The molecule has 0 aromatic heterocycles. The second-order valence-corrected chi connectivity index (χ2v) is 7.27. The Hall–Kier alpha value is -2.11. The predicted octanol–water partition coefficient (Wildman–Crippen LogP) is 2.95. The van der Waals surface area contributed by atoms with Gasteiger partial charge in [-0.15, -0.1) is 0 Å². The molecule has 1 saturated heterocycles. The lowest BCUT2D eigenvalue weighted by Crippen LogP contribution is -2.42. The molecule has 138 valence electrons. The minimum atomic E-state index is -0.535. The molecule has 0 N–H and O–H groups in total. The Morgan fingerprint density at radius 3 is 2.36 bits per heavy atom. The quantitative estimate of drug-likeness (QED) is 0.842. The fourth-order valence-electron chi connectivity index (χ4n) is 2.89. The van der Waals surface area contributed by atoms with E-state index in [9.17, 15) is 14.0 Å². The third-order valence-electron chi connectivity index (χ3n) is 4.19. The molecular weight excluding hydrogens is 323 g/mol. The maximum absolute atomic E-state index is 14.0. The number of halogens is 1. The van der Waals surface area contributed by atoms with E-state index in [-0.39, 0.29) is 17.6 Å². The third-order valence-corrected chi connectivity index (χ3v) is 4.19. The van der Waals surface area contributed by atoms with Crippen LogP contribution in [0.3, 0.4) is 0 Å². The molecule has 0 radical (unpaired) electrons. The van der Waals surface area contributed by atoms with Gasteiger partial charge in [0.15, 0.2) is 11.6 Å². The van der Waals surface area contributed by atoms with E-state index in [4.69, 9.17) is 4.74 Å². The second kappa shape index (κ2) is 7.85. The van der Waals surface area contributed by atoms with Crippen LogP contribution in [-0.2, 0) is 4.79 Å². The van der Waals surface area contributed by atoms with Crippen molar-refractivity contribution < 1.29 is 18.7 Å². The van der Waals surface area contributed by atoms with Gasteiger partial charge < -0.3 is 14.5 Å². The molecule has 1 aliphatic rings. The summed E-state index contributed by atoms with van der Waals surface area (Å²) in [6, 6.07) is 4.29. The lowest BCUT2D eigenvalue weighted by molar-refractivity contribution is -0.139. The number of hydrogen-bond donors (Lipinski definition) is 0. The minimum Gasteiger partial charge on any atom is -0.491 e. The van der Waals surface area contributed by atoms with Crippen molar-refractivity contribution in [1.29, 1.82) is 0 Å². The van der Waals surface area contributed by atoms with Crippen molar-refractivity contribution in [2.75, 3.05) is 32.8 Å². The van der Waals surface area contributed by atoms with Crippen molar-refractivity contribution in [3.05, 3.63) is 29.6 Å². The standard InChI is InChI=1S/C19H27FN2O3/c1-5-25-16-8-7-14(13-15(16)20)17(23)21-9-6-10-22(12-11-21)18(24)19(2,3)4/h7-8,13H,5-6,9-12H2,1-4H3. The monoisotopic (exact) mass is 350 g/mol. The highest BCUT2D eigenvalue weighted by atomic mass is 19.1. The van der Waals surface area contributed by atoms with Gasteiger partial charge in [0.2, 0.25) is 5.91 Å². The first-order valence-corrected chi connectivity index (χ1v) is 8.75. The Morgan fingerprint density at radius 2 is 1.76 bits per heavy atom. The number of ether oxygens (including phenoxy) is 1. The molecule has 2 rings (SSSR count). The Kier molecular flexibility index (Phi) is 6.03. The first-order valence-electron chi connectivity index (χ1n) is 8.75. The molecule has 1 aromatic rings. The largest absolute Gasteiger partial charge is 0.491 e. The van der Waals surface area contributed by atoms with E-state index in [0.717, 1.165) is 0 Å². The van der Waals surface area contributed by atoms with Crippen molar-refractivity contribution in [3.63, 3.8) is 0 Å². The van der Waals surface area contributed by atoms with Crippen LogP contribution in [0.1, 0.15) is 44.5 Å². The third kappa shape index (κ3) is 4.71. The zero-order valence-electron chi connectivity index (χ0n) is 15.5. The van der Waals surface area contributed by atoms with Gasteiger partial charge in [0.25, 0.3) is 5.91 Å². The molecule has 0 bridgehead atoms. The van der Waals surface area contributed by atoms with Gasteiger partial charge in [0.05, 0.1) is 6.61 Å². The van der Waals surface area contributed by atoms with Gasteiger partial charge in [0, 0.05) is 37.2 Å². The van der Waals surface area contributed by atoms with Crippen molar-refractivity contribution in [3.8, 4) is 5.75 Å². The zero-order chi connectivity index (χ0) is 18.6. The average molecular weight is 350 g/mol. The summed E-state index contributed by atoms with van der Waals surface area (Å²) in [5.41, 5.74) is -0.131. The van der Waals surface area contributed by atoms with Crippen LogP contribution >= 0.6 is 0 Å². The summed E-state index contributed by atoms with van der Waals surface area (Å²) in [5, 5.41) is 0. The summed E-state index contributed by atoms with van der Waals surface area (Å²) in [4.78, 5) is 28.6. The minimum absolute atomic E-state index is 0.0916. The van der Waals surface area contributed by atoms with Gasteiger partial charge in [-0.25, -0.2) is 4.39 Å². The van der Waals surface area contributed by atoms with Crippen LogP contribution in [0.5, 0.6) is 5.75 Å². The summed E-state index contributed by atoms with van der Waals surface area (Å²) in [7, 11) is 0. The number of amides is 2. The van der Waals surface area contributed by atoms with E-state index in [0.29, 0.717) is 44.8 Å². The number of rotatable bonds is 3. The summed E-state index contributed by atoms with van der Waals surface area (Å²) in [5.74, 6) is -0.509. The molecule has 5 nitrogen and oxygen atoms in total. The van der Waals surface area contributed by atoms with E-state index >= 15 is 0 Å². The molecule has 0 aliphatic carbocycles. The van der Waals surface area contributed by atoms with Crippen LogP contribution < -0.4 is 4.74 Å². The lowest BCUT2D eigenvalue weighted by Gasteiger charge is -2.28. The maximum Gasteiger partial charge on any atom is 0.254 e. The zero-order valence-corrected chi connectivity index (χ0v) is 15.5. The molecule has 0 saturated carbocycles. The first kappa shape index (κ1) is 19.2. The Labute approximate surface area is 148 Å². The normalized spacial score (nSPS) is 15.7. The fourth-order valence-corrected chi connectivity index (χ4v) is 2.89. The topological polar surface area (TPSA) is 49.9 Å². The van der Waals surface area contributed by atoms with Crippen LogP contribution in [0.2, 0.25) is 0 Å². The Morgan fingerprint density at radius 1 is 1.12 bits per heavy atom. The number of carbonyl (C=O) groups excluding carboxylic acids is 2. The smallest absolute Gasteiger partial charge is 0.254 e. The summed E-state index contributed by atoms with van der Waals surface area (Å²) in [6.07, 6.45) is 0.715. The van der Waals surface area contributed by atoms with Crippen LogP contribution in [0.4, 0.5) is 4.39 Å². The van der Waals surface area contributed by atoms with E-state index in [2.05, 4.69) is 0 Å². The van der Waals surface area contributed by atoms with Crippen LogP contribution in [-0.4, -0.2) is 54.4 Å². The van der Waals surface area contributed by atoms with E-state index < -0.39 is 11.2 Å². The summed E-state index contributed by atoms with van der Waals surface area (Å²) >= 11 is 0. The number of hydrogen-bond acceptors (Lipinski definition) is 3. The summed E-state index contributed by atoms with van der Waals surface area (Å²) in [6.45, 7) is 9.98. The Bertz CT molecular complexity index is 640. The summed E-state index contributed by atoms with van der Waals surface area (Å²) < 4.78 is 19.2. The molecular formula is C19H27FN2O3. The van der Waals surface area contributed by atoms with Crippen molar-refractivity contribution in [1.82, 2.24) is 9.80 Å². The number of carbonyl (C=O) groups is 2. The molecule has 0 spiro atoms. The molecule has 1 aliphatic heterocycles. The van der Waals surface area contributed by atoms with E-state index in [1.54, 1.807) is 17.9 Å². The van der Waals surface area contributed by atoms with Gasteiger partial charge in [0.1, 0.15) is 0 Å². The van der Waals surface area contributed by atoms with Crippen LogP contribution in [0.15, 0.2) is 18.2 Å². The van der Waals surface area contributed by atoms with Crippen LogP contribution in [0, 0.1) is 11.2 Å². The van der Waals surface area contributed by atoms with Gasteiger partial charge in [-0.3, -0.25) is 9.59 Å².